The molecule has 6 heteroatoms. The van der Waals surface area contributed by atoms with Crippen molar-refractivity contribution in [1.82, 2.24) is 15.1 Å². The number of rotatable bonds is 7. The number of hydrogen-bond donors (Lipinski definition) is 2. The molecule has 126 valence electrons. The number of aliphatic hydroxyl groups excluding tert-OH is 1. The zero-order valence-electron chi connectivity index (χ0n) is 14.3. The topological polar surface area (TPSA) is 62.5 Å². The number of nitrogens with zero attached hydrogens (tertiary/aromatic N) is 3. The molecule has 22 heavy (non-hydrogen) atoms. The summed E-state index contributed by atoms with van der Waals surface area (Å²) in [4.78, 5) is 2.37. The smallest absolute Gasteiger partial charge is 0.131 e. The van der Waals surface area contributed by atoms with Crippen LogP contribution in [0.4, 0.5) is 5.82 Å². The fourth-order valence-electron chi connectivity index (χ4n) is 2.96. The van der Waals surface area contributed by atoms with Crippen molar-refractivity contribution in [2.75, 3.05) is 37.8 Å². The van der Waals surface area contributed by atoms with Gasteiger partial charge in [-0.1, -0.05) is 13.8 Å². The van der Waals surface area contributed by atoms with Crippen LogP contribution in [0.1, 0.15) is 44.4 Å². The second kappa shape index (κ2) is 7.94. The summed E-state index contributed by atoms with van der Waals surface area (Å²) < 4.78 is 7.48. The van der Waals surface area contributed by atoms with E-state index in [1.54, 1.807) is 0 Å². The molecule has 1 aromatic rings. The lowest BCUT2D eigenvalue weighted by Gasteiger charge is -2.30. The average Bonchev–Trinajstić information content (AvgIpc) is 2.83. The SMILES string of the molecule is CC(CCO)NCc1c(C(C)C)nn(C)c1N1CCOCC1. The number of anilines is 1. The van der Waals surface area contributed by atoms with Gasteiger partial charge in [0.25, 0.3) is 0 Å². The van der Waals surface area contributed by atoms with Crippen LogP contribution in [0, 0.1) is 0 Å². The molecule has 0 spiro atoms. The van der Waals surface area contributed by atoms with Crippen LogP contribution in [-0.4, -0.2) is 53.8 Å². The highest BCUT2D eigenvalue weighted by molar-refractivity contribution is 5.51. The summed E-state index contributed by atoms with van der Waals surface area (Å²) >= 11 is 0. The predicted octanol–water partition coefficient (Wildman–Crippen LogP) is 1.24. The predicted molar refractivity (Wildman–Crippen MR) is 88.3 cm³/mol. The molecule has 1 atom stereocenters. The normalized spacial score (nSPS) is 17.3. The highest BCUT2D eigenvalue weighted by Crippen LogP contribution is 2.29. The maximum Gasteiger partial charge on any atom is 0.131 e. The van der Waals surface area contributed by atoms with E-state index in [9.17, 15) is 0 Å². The summed E-state index contributed by atoms with van der Waals surface area (Å²) in [6.07, 6.45) is 0.768. The van der Waals surface area contributed by atoms with Gasteiger partial charge in [0.2, 0.25) is 0 Å². The third-order valence-electron chi connectivity index (χ3n) is 4.19. The van der Waals surface area contributed by atoms with E-state index >= 15 is 0 Å². The molecule has 1 unspecified atom stereocenters. The lowest BCUT2D eigenvalue weighted by Crippen LogP contribution is -2.38. The third-order valence-corrected chi connectivity index (χ3v) is 4.19. The highest BCUT2D eigenvalue weighted by atomic mass is 16.5. The van der Waals surface area contributed by atoms with Gasteiger partial charge >= 0.3 is 0 Å². The number of ether oxygens (including phenoxy) is 1. The largest absolute Gasteiger partial charge is 0.396 e. The number of aliphatic hydroxyl groups is 1. The molecule has 1 saturated heterocycles. The van der Waals surface area contributed by atoms with Gasteiger partial charge in [0.15, 0.2) is 0 Å². The van der Waals surface area contributed by atoms with Gasteiger partial charge in [-0.15, -0.1) is 0 Å². The molecule has 0 saturated carbocycles. The zero-order chi connectivity index (χ0) is 16.1. The van der Waals surface area contributed by atoms with Crippen LogP contribution in [-0.2, 0) is 18.3 Å². The molecule has 1 aliphatic heterocycles. The van der Waals surface area contributed by atoms with Crippen molar-refractivity contribution in [3.8, 4) is 0 Å². The van der Waals surface area contributed by atoms with Gasteiger partial charge in [0.1, 0.15) is 5.82 Å². The number of hydrogen-bond acceptors (Lipinski definition) is 5. The molecule has 1 aromatic heterocycles. The second-order valence-electron chi connectivity index (χ2n) is 6.36. The zero-order valence-corrected chi connectivity index (χ0v) is 14.3. The van der Waals surface area contributed by atoms with Crippen molar-refractivity contribution in [1.29, 1.82) is 0 Å². The molecule has 0 radical (unpaired) electrons. The molecule has 1 fully saturated rings. The van der Waals surface area contributed by atoms with E-state index in [0.717, 1.165) is 45.0 Å². The molecule has 2 rings (SSSR count). The van der Waals surface area contributed by atoms with Crippen LogP contribution in [0.2, 0.25) is 0 Å². The Bertz CT molecular complexity index is 467. The van der Waals surface area contributed by atoms with Crippen molar-refractivity contribution >= 4 is 5.82 Å². The lowest BCUT2D eigenvalue weighted by molar-refractivity contribution is 0.122. The Morgan fingerprint density at radius 3 is 2.55 bits per heavy atom. The first-order valence-electron chi connectivity index (χ1n) is 8.27. The van der Waals surface area contributed by atoms with Crippen molar-refractivity contribution in [3.63, 3.8) is 0 Å². The number of morpholine rings is 1. The molecule has 0 aliphatic carbocycles. The maximum absolute atomic E-state index is 9.06. The first-order chi connectivity index (χ1) is 10.5. The van der Waals surface area contributed by atoms with E-state index in [-0.39, 0.29) is 6.61 Å². The fourth-order valence-corrected chi connectivity index (χ4v) is 2.96. The van der Waals surface area contributed by atoms with Gasteiger partial charge in [-0.3, -0.25) is 4.68 Å². The van der Waals surface area contributed by atoms with Gasteiger partial charge < -0.3 is 20.1 Å². The van der Waals surface area contributed by atoms with E-state index in [0.29, 0.717) is 12.0 Å². The Morgan fingerprint density at radius 2 is 1.95 bits per heavy atom. The summed E-state index contributed by atoms with van der Waals surface area (Å²) in [7, 11) is 2.03. The first kappa shape index (κ1) is 17.2. The third kappa shape index (κ3) is 4.00. The monoisotopic (exact) mass is 310 g/mol. The number of aryl methyl sites for hydroxylation is 1. The molecule has 0 bridgehead atoms. The molecule has 1 aliphatic rings. The van der Waals surface area contributed by atoms with Crippen LogP contribution >= 0.6 is 0 Å². The lowest BCUT2D eigenvalue weighted by atomic mass is 10.0. The van der Waals surface area contributed by atoms with Gasteiger partial charge in [0, 0.05) is 44.9 Å². The van der Waals surface area contributed by atoms with E-state index in [4.69, 9.17) is 14.9 Å². The van der Waals surface area contributed by atoms with E-state index in [2.05, 4.69) is 31.0 Å². The highest BCUT2D eigenvalue weighted by Gasteiger charge is 2.24. The standard InChI is InChI=1S/C16H30N4O2/c1-12(2)15-14(11-17-13(3)5-8-21)16(19(4)18-15)20-6-9-22-10-7-20/h12-13,17,21H,5-11H2,1-4H3. The Labute approximate surface area is 133 Å². The molecule has 0 aromatic carbocycles. The van der Waals surface area contributed by atoms with Crippen LogP contribution in [0.3, 0.4) is 0 Å². The summed E-state index contributed by atoms with van der Waals surface area (Å²) in [6, 6.07) is 0.294. The van der Waals surface area contributed by atoms with E-state index in [1.807, 2.05) is 11.7 Å². The summed E-state index contributed by atoms with van der Waals surface area (Å²) in [6.45, 7) is 10.9. The van der Waals surface area contributed by atoms with Crippen molar-refractivity contribution in [3.05, 3.63) is 11.3 Å². The second-order valence-corrected chi connectivity index (χ2v) is 6.36. The van der Waals surface area contributed by atoms with E-state index < -0.39 is 0 Å². The Morgan fingerprint density at radius 1 is 1.27 bits per heavy atom. The van der Waals surface area contributed by atoms with E-state index in [1.165, 1.54) is 11.4 Å². The minimum Gasteiger partial charge on any atom is -0.396 e. The van der Waals surface area contributed by atoms with Crippen molar-refractivity contribution < 1.29 is 9.84 Å². The number of aromatic nitrogens is 2. The van der Waals surface area contributed by atoms with Gasteiger partial charge in [-0.2, -0.15) is 5.10 Å². The van der Waals surface area contributed by atoms with Crippen LogP contribution in [0.15, 0.2) is 0 Å². The average molecular weight is 310 g/mol. The molecule has 2 heterocycles. The Hall–Kier alpha value is -1.11. The minimum atomic E-state index is 0.217. The minimum absolute atomic E-state index is 0.217. The Balaban J connectivity index is 2.22. The molecule has 2 N–H and O–H groups in total. The van der Waals surface area contributed by atoms with Crippen LogP contribution < -0.4 is 10.2 Å². The van der Waals surface area contributed by atoms with Crippen LogP contribution in [0.5, 0.6) is 0 Å². The van der Waals surface area contributed by atoms with Gasteiger partial charge in [0.05, 0.1) is 18.9 Å². The molecule has 0 amide bonds. The number of nitrogens with one attached hydrogen (secondary N) is 1. The molecule has 6 nitrogen and oxygen atoms in total. The quantitative estimate of drug-likeness (QED) is 0.793. The van der Waals surface area contributed by atoms with Gasteiger partial charge in [-0.25, -0.2) is 0 Å². The van der Waals surface area contributed by atoms with Gasteiger partial charge in [-0.05, 0) is 19.3 Å². The molecular formula is C16H30N4O2. The summed E-state index contributed by atoms with van der Waals surface area (Å²) in [5, 5.41) is 17.3. The summed E-state index contributed by atoms with van der Waals surface area (Å²) in [5.41, 5.74) is 2.44. The first-order valence-corrected chi connectivity index (χ1v) is 8.27. The molecular weight excluding hydrogens is 280 g/mol. The van der Waals surface area contributed by atoms with Crippen molar-refractivity contribution in [2.24, 2.45) is 7.05 Å². The van der Waals surface area contributed by atoms with Crippen LogP contribution in [0.25, 0.3) is 0 Å². The fraction of sp³-hybridized carbons (Fsp3) is 0.812. The van der Waals surface area contributed by atoms with Crippen molar-refractivity contribution in [2.45, 2.75) is 45.7 Å². The summed E-state index contributed by atoms with van der Waals surface area (Å²) in [5.74, 6) is 1.60. The maximum atomic E-state index is 9.06. The Kier molecular flexibility index (Phi) is 6.23.